The number of aromatic nitrogens is 4. The van der Waals surface area contributed by atoms with Crippen LogP contribution in [0, 0.1) is 0 Å². The molecule has 0 bridgehead atoms. The van der Waals surface area contributed by atoms with Gasteiger partial charge in [-0.1, -0.05) is 24.2 Å². The lowest BCUT2D eigenvalue weighted by Crippen LogP contribution is -2.34. The van der Waals surface area contributed by atoms with Gasteiger partial charge in [0.25, 0.3) is 0 Å². The maximum Gasteiger partial charge on any atom is 0.490 e. The molecule has 1 aliphatic carbocycles. The van der Waals surface area contributed by atoms with Gasteiger partial charge < -0.3 is 14.2 Å². The van der Waals surface area contributed by atoms with Crippen LogP contribution in [0.25, 0.3) is 0 Å². The molecule has 32 heavy (non-hydrogen) atoms. The second-order valence-corrected chi connectivity index (χ2v) is 8.42. The van der Waals surface area contributed by atoms with Crippen molar-refractivity contribution < 1.29 is 32.1 Å². The molecule has 0 amide bonds. The highest BCUT2D eigenvalue weighted by atomic mass is 19.4. The molecule has 178 valence electrons. The Hall–Kier alpha value is -2.54. The van der Waals surface area contributed by atoms with Gasteiger partial charge in [-0.05, 0) is 26.3 Å². The van der Waals surface area contributed by atoms with Crippen molar-refractivity contribution in [3.8, 4) is 0 Å². The first kappa shape index (κ1) is 24.1. The fraction of sp³-hybridized carbons (Fsp3) is 0.737. The quantitative estimate of drug-likeness (QED) is 0.660. The zero-order valence-electron chi connectivity index (χ0n) is 18.2. The van der Waals surface area contributed by atoms with Crippen LogP contribution in [0.4, 0.5) is 13.2 Å². The van der Waals surface area contributed by atoms with Crippen LogP contribution in [-0.2, 0) is 17.9 Å². The van der Waals surface area contributed by atoms with Crippen LogP contribution in [-0.4, -0.2) is 73.5 Å². The van der Waals surface area contributed by atoms with Crippen molar-refractivity contribution in [3.05, 3.63) is 23.4 Å². The zero-order chi connectivity index (χ0) is 23.5. The second kappa shape index (κ2) is 9.94. The van der Waals surface area contributed by atoms with Crippen molar-refractivity contribution in [3.63, 3.8) is 0 Å². The van der Waals surface area contributed by atoms with E-state index in [0.717, 1.165) is 43.6 Å². The first-order valence-electron chi connectivity index (χ1n) is 10.4. The third-order valence-electron chi connectivity index (χ3n) is 5.27. The molecule has 2 aromatic heterocycles. The number of hydrogen-bond acceptors (Lipinski definition) is 9. The first-order valence-corrected chi connectivity index (χ1v) is 10.4. The Morgan fingerprint density at radius 2 is 1.91 bits per heavy atom. The first-order chi connectivity index (χ1) is 15.0. The van der Waals surface area contributed by atoms with Gasteiger partial charge in [0.1, 0.15) is 0 Å². The number of hydrogen-bond donors (Lipinski definition) is 1. The summed E-state index contributed by atoms with van der Waals surface area (Å²) in [5.41, 5.74) is 0. The predicted molar refractivity (Wildman–Crippen MR) is 103 cm³/mol. The minimum absolute atomic E-state index is 0.267. The molecule has 2 fully saturated rings. The van der Waals surface area contributed by atoms with E-state index < -0.39 is 12.1 Å². The van der Waals surface area contributed by atoms with Crippen LogP contribution < -0.4 is 0 Å². The van der Waals surface area contributed by atoms with Gasteiger partial charge in [-0.15, -0.1) is 0 Å². The molecule has 2 aliphatic rings. The molecule has 1 aliphatic heterocycles. The maximum atomic E-state index is 10.6. The standard InChI is InChI=1S/C17H26N6O2.C2HF3O2/c1-11(2)17-18-14(20-25-17)9-22(3)13-6-7-23(8-13)10-15-19-16(21-24-15)12-4-5-12;3-2(4,5)1(6)7/h11-13H,4-10H2,1-3H3;(H,6,7). The van der Waals surface area contributed by atoms with Gasteiger partial charge in [0.15, 0.2) is 11.6 Å². The number of carboxylic acid groups (broad SMARTS) is 1. The largest absolute Gasteiger partial charge is 0.490 e. The van der Waals surface area contributed by atoms with Crippen LogP contribution in [0.2, 0.25) is 0 Å². The highest BCUT2D eigenvalue weighted by Gasteiger charge is 2.38. The van der Waals surface area contributed by atoms with Gasteiger partial charge in [-0.3, -0.25) is 9.80 Å². The van der Waals surface area contributed by atoms with Gasteiger partial charge in [0, 0.05) is 31.0 Å². The number of alkyl halides is 3. The number of carbonyl (C=O) groups is 1. The Balaban J connectivity index is 0.000000360. The van der Waals surface area contributed by atoms with Crippen molar-refractivity contribution in [1.82, 2.24) is 30.1 Å². The Morgan fingerprint density at radius 3 is 2.47 bits per heavy atom. The van der Waals surface area contributed by atoms with Crippen LogP contribution in [0.15, 0.2) is 9.05 Å². The van der Waals surface area contributed by atoms with E-state index in [1.165, 1.54) is 12.8 Å². The van der Waals surface area contributed by atoms with Crippen molar-refractivity contribution >= 4 is 5.97 Å². The molecule has 13 heteroatoms. The molecule has 0 aromatic carbocycles. The highest BCUT2D eigenvalue weighted by Crippen LogP contribution is 2.38. The van der Waals surface area contributed by atoms with E-state index in [0.29, 0.717) is 24.4 Å². The van der Waals surface area contributed by atoms with Crippen molar-refractivity contribution in [1.29, 1.82) is 0 Å². The maximum absolute atomic E-state index is 10.6. The molecule has 0 spiro atoms. The average molecular weight is 460 g/mol. The third kappa shape index (κ3) is 6.73. The lowest BCUT2D eigenvalue weighted by molar-refractivity contribution is -0.192. The number of aliphatic carboxylic acids is 1. The summed E-state index contributed by atoms with van der Waals surface area (Å²) < 4.78 is 42.4. The van der Waals surface area contributed by atoms with E-state index in [1.807, 2.05) is 0 Å². The summed E-state index contributed by atoms with van der Waals surface area (Å²) in [4.78, 5) is 22.6. The predicted octanol–water partition coefficient (Wildman–Crippen LogP) is 2.79. The Labute approximate surface area is 182 Å². The van der Waals surface area contributed by atoms with E-state index in [9.17, 15) is 13.2 Å². The number of likely N-dealkylation sites (N-methyl/N-ethyl adjacent to an activating group) is 1. The lowest BCUT2D eigenvalue weighted by atomic mass is 10.2. The van der Waals surface area contributed by atoms with E-state index in [4.69, 9.17) is 18.9 Å². The molecule has 1 unspecified atom stereocenters. The topological polar surface area (TPSA) is 122 Å². The molecular weight excluding hydrogens is 433 g/mol. The monoisotopic (exact) mass is 460 g/mol. The molecule has 1 saturated heterocycles. The van der Waals surface area contributed by atoms with Crippen molar-refractivity contribution in [2.24, 2.45) is 0 Å². The van der Waals surface area contributed by atoms with E-state index in [2.05, 4.69) is 51.0 Å². The Morgan fingerprint density at radius 1 is 1.22 bits per heavy atom. The second-order valence-electron chi connectivity index (χ2n) is 8.42. The molecule has 4 rings (SSSR count). The van der Waals surface area contributed by atoms with Crippen LogP contribution >= 0.6 is 0 Å². The average Bonchev–Trinajstić information content (AvgIpc) is 3.08. The molecule has 1 N–H and O–H groups in total. The fourth-order valence-electron chi connectivity index (χ4n) is 3.26. The van der Waals surface area contributed by atoms with Crippen molar-refractivity contribution in [2.75, 3.05) is 20.1 Å². The van der Waals surface area contributed by atoms with Crippen LogP contribution in [0.1, 0.15) is 68.4 Å². The third-order valence-corrected chi connectivity index (χ3v) is 5.27. The van der Waals surface area contributed by atoms with Crippen LogP contribution in [0.3, 0.4) is 0 Å². The van der Waals surface area contributed by atoms with Gasteiger partial charge >= 0.3 is 12.1 Å². The smallest absolute Gasteiger partial charge is 0.475 e. The van der Waals surface area contributed by atoms with E-state index in [1.54, 1.807) is 0 Å². The zero-order valence-corrected chi connectivity index (χ0v) is 18.2. The molecule has 10 nitrogen and oxygen atoms in total. The highest BCUT2D eigenvalue weighted by molar-refractivity contribution is 5.73. The fourth-order valence-corrected chi connectivity index (χ4v) is 3.26. The normalized spacial score (nSPS) is 19.4. The molecular formula is C19H27F3N6O4. The van der Waals surface area contributed by atoms with Gasteiger partial charge in [0.2, 0.25) is 11.8 Å². The summed E-state index contributed by atoms with van der Waals surface area (Å²) in [6.45, 7) is 7.60. The van der Waals surface area contributed by atoms with Gasteiger partial charge in [-0.25, -0.2) is 4.79 Å². The number of halogens is 3. The van der Waals surface area contributed by atoms with E-state index >= 15 is 0 Å². The summed E-state index contributed by atoms with van der Waals surface area (Å²) in [5, 5.41) is 15.3. The summed E-state index contributed by atoms with van der Waals surface area (Å²) in [5.74, 6) is 1.15. The number of nitrogens with zero attached hydrogens (tertiary/aromatic N) is 6. The lowest BCUT2D eigenvalue weighted by Gasteiger charge is -2.22. The SMILES string of the molecule is CC(C)c1nc(CN(C)C2CCN(Cc3nc(C4CC4)no3)C2)no1.O=C(O)C(F)(F)F. The molecule has 1 atom stereocenters. The van der Waals surface area contributed by atoms with E-state index in [-0.39, 0.29) is 5.92 Å². The summed E-state index contributed by atoms with van der Waals surface area (Å²) in [7, 11) is 2.12. The Bertz CT molecular complexity index is 896. The molecule has 3 heterocycles. The van der Waals surface area contributed by atoms with Crippen LogP contribution in [0.5, 0.6) is 0 Å². The molecule has 1 saturated carbocycles. The summed E-state index contributed by atoms with van der Waals surface area (Å²) in [6, 6.07) is 0.479. The van der Waals surface area contributed by atoms with Crippen molar-refractivity contribution in [2.45, 2.75) is 70.3 Å². The molecule has 2 aromatic rings. The minimum atomic E-state index is -5.08. The number of likely N-dealkylation sites (tertiary alicyclic amines) is 1. The minimum Gasteiger partial charge on any atom is -0.475 e. The number of carboxylic acids is 1. The number of rotatable bonds is 7. The summed E-state index contributed by atoms with van der Waals surface area (Å²) >= 11 is 0. The van der Waals surface area contributed by atoms with Gasteiger partial charge in [0.05, 0.1) is 13.1 Å². The Kier molecular flexibility index (Phi) is 7.49. The van der Waals surface area contributed by atoms with Gasteiger partial charge in [-0.2, -0.15) is 23.1 Å². The summed E-state index contributed by atoms with van der Waals surface area (Å²) in [6.07, 6.45) is -1.57. The molecule has 0 radical (unpaired) electrons.